The van der Waals surface area contributed by atoms with Gasteiger partial charge in [0.2, 0.25) is 23.3 Å². The molecule has 0 saturated heterocycles. The van der Waals surface area contributed by atoms with Crippen LogP contribution in [0.25, 0.3) is 12.2 Å². The highest BCUT2D eigenvalue weighted by molar-refractivity contribution is 6.07. The summed E-state index contributed by atoms with van der Waals surface area (Å²) in [6.45, 7) is 0. The van der Waals surface area contributed by atoms with Gasteiger partial charge in [0, 0.05) is 12.2 Å². The molecule has 2 N–H and O–H groups in total. The van der Waals surface area contributed by atoms with Crippen molar-refractivity contribution in [3.63, 3.8) is 0 Å². The Morgan fingerprint density at radius 2 is 0.938 bits per heavy atom. The Balaban J connectivity index is 1.74. The summed E-state index contributed by atoms with van der Waals surface area (Å²) in [5, 5.41) is 5.41. The van der Waals surface area contributed by atoms with Gasteiger partial charge >= 0.3 is 5.97 Å². The molecule has 0 heterocycles. The number of rotatable bonds is 15. The van der Waals surface area contributed by atoms with E-state index in [1.54, 1.807) is 54.6 Å². The molecule has 0 radical (unpaired) electrons. The summed E-state index contributed by atoms with van der Waals surface area (Å²) in [6, 6.07) is 11.4. The van der Waals surface area contributed by atoms with Crippen molar-refractivity contribution in [2.75, 3.05) is 60.4 Å². The first kappa shape index (κ1) is 36.3. The van der Waals surface area contributed by atoms with E-state index >= 15 is 0 Å². The van der Waals surface area contributed by atoms with Crippen LogP contribution in [0.1, 0.15) is 21.5 Å². The maximum Gasteiger partial charge on any atom is 0.337 e. The van der Waals surface area contributed by atoms with E-state index in [9.17, 15) is 14.4 Å². The van der Waals surface area contributed by atoms with Gasteiger partial charge in [-0.25, -0.2) is 4.79 Å². The molecule has 0 saturated carbocycles. The zero-order valence-electron chi connectivity index (χ0n) is 27.7. The van der Waals surface area contributed by atoms with E-state index in [0.717, 1.165) is 11.1 Å². The second kappa shape index (κ2) is 18.1. The summed E-state index contributed by atoms with van der Waals surface area (Å²) >= 11 is 0. The minimum absolute atomic E-state index is 0.181. The zero-order chi connectivity index (χ0) is 35.1. The molecule has 252 valence electrons. The van der Waals surface area contributed by atoms with Crippen LogP contribution in [0.4, 0.5) is 11.4 Å². The van der Waals surface area contributed by atoms with E-state index in [1.165, 1.54) is 86.2 Å². The molecule has 0 aromatic heterocycles. The molecule has 0 aliphatic rings. The van der Waals surface area contributed by atoms with Crippen molar-refractivity contribution >= 4 is 41.3 Å². The van der Waals surface area contributed by atoms with Crippen LogP contribution in [0.15, 0.2) is 78.9 Å². The number of allylic oxidation sites excluding steroid dienone is 4. The minimum atomic E-state index is -0.607. The fourth-order valence-electron chi connectivity index (χ4n) is 4.36. The highest BCUT2D eigenvalue weighted by Gasteiger charge is 2.14. The Morgan fingerprint density at radius 3 is 1.31 bits per heavy atom. The van der Waals surface area contributed by atoms with E-state index < -0.39 is 17.8 Å². The lowest BCUT2D eigenvalue weighted by Crippen LogP contribution is -2.14. The molecule has 0 unspecified atom stereocenters. The number of benzene rings is 3. The number of esters is 1. The van der Waals surface area contributed by atoms with Gasteiger partial charge < -0.3 is 43.8 Å². The first-order valence-corrected chi connectivity index (χ1v) is 14.4. The van der Waals surface area contributed by atoms with Crippen LogP contribution in [-0.4, -0.2) is 67.6 Å². The van der Waals surface area contributed by atoms with Crippen LogP contribution in [0.3, 0.4) is 0 Å². The molecule has 12 heteroatoms. The number of carbonyl (C=O) groups excluding carboxylic acids is 3. The van der Waals surface area contributed by atoms with Crippen molar-refractivity contribution in [2.24, 2.45) is 0 Å². The van der Waals surface area contributed by atoms with Gasteiger partial charge in [0.25, 0.3) is 0 Å². The molecule has 3 aromatic carbocycles. The lowest BCUT2D eigenvalue weighted by Gasteiger charge is -2.12. The summed E-state index contributed by atoms with van der Waals surface area (Å²) in [7, 11) is 10.4. The molecule has 12 nitrogen and oxygen atoms in total. The number of amides is 2. The summed E-state index contributed by atoms with van der Waals surface area (Å²) in [5.41, 5.74) is 2.14. The summed E-state index contributed by atoms with van der Waals surface area (Å²) in [4.78, 5) is 37.7. The molecule has 0 atom stereocenters. The maximum absolute atomic E-state index is 12.8. The van der Waals surface area contributed by atoms with Gasteiger partial charge in [-0.3, -0.25) is 9.59 Å². The Labute approximate surface area is 279 Å². The molecule has 3 rings (SSSR count). The van der Waals surface area contributed by atoms with Crippen LogP contribution < -0.4 is 39.1 Å². The normalized spacial score (nSPS) is 11.1. The molecule has 0 fully saturated rings. The molecular weight excluding hydrogens is 620 g/mol. The Morgan fingerprint density at radius 1 is 0.521 bits per heavy atom. The summed E-state index contributed by atoms with van der Waals surface area (Å²) < 4.78 is 37.0. The molecule has 0 aliphatic heterocycles. The third-order valence-corrected chi connectivity index (χ3v) is 6.63. The summed E-state index contributed by atoms with van der Waals surface area (Å²) in [6.07, 6.45) is 12.5. The van der Waals surface area contributed by atoms with Gasteiger partial charge in [-0.1, -0.05) is 36.5 Å². The van der Waals surface area contributed by atoms with Gasteiger partial charge in [0.05, 0.1) is 66.7 Å². The van der Waals surface area contributed by atoms with E-state index in [2.05, 4.69) is 10.6 Å². The zero-order valence-corrected chi connectivity index (χ0v) is 27.7. The van der Waals surface area contributed by atoms with Gasteiger partial charge in [-0.15, -0.1) is 0 Å². The van der Waals surface area contributed by atoms with E-state index in [-0.39, 0.29) is 16.9 Å². The SMILES string of the molecule is COC(=O)c1ccc(NC(=O)/C=C/C=C/c2cc(OC)c(OC)c(OC)c2)c(NC(=O)/C=C/C=C/c2cc(OC)c(OC)c(OC)c2)c1. The summed E-state index contributed by atoms with van der Waals surface area (Å²) in [5.74, 6) is 1.30. The fourth-order valence-corrected chi connectivity index (χ4v) is 4.36. The number of hydrogen-bond acceptors (Lipinski definition) is 10. The molecule has 3 aromatic rings. The van der Waals surface area contributed by atoms with Crippen LogP contribution in [0.2, 0.25) is 0 Å². The fraction of sp³-hybridized carbons (Fsp3) is 0.194. The lowest BCUT2D eigenvalue weighted by atomic mass is 10.1. The van der Waals surface area contributed by atoms with E-state index in [1.807, 2.05) is 0 Å². The average Bonchev–Trinajstić information content (AvgIpc) is 3.11. The number of hydrogen-bond donors (Lipinski definition) is 2. The molecule has 0 aliphatic carbocycles. The average molecular weight is 659 g/mol. The molecule has 0 spiro atoms. The van der Waals surface area contributed by atoms with Gasteiger partial charge in [0.1, 0.15) is 0 Å². The van der Waals surface area contributed by atoms with Crippen molar-refractivity contribution in [3.05, 3.63) is 95.6 Å². The maximum atomic E-state index is 12.8. The molecule has 0 bridgehead atoms. The molecular formula is C36H38N2O10. The van der Waals surface area contributed by atoms with Crippen LogP contribution in [0, 0.1) is 0 Å². The van der Waals surface area contributed by atoms with Crippen molar-refractivity contribution in [1.82, 2.24) is 0 Å². The Kier molecular flexibility index (Phi) is 13.7. The largest absolute Gasteiger partial charge is 0.493 e. The lowest BCUT2D eigenvalue weighted by molar-refractivity contribution is -0.112. The number of methoxy groups -OCH3 is 7. The van der Waals surface area contributed by atoms with Crippen molar-refractivity contribution in [3.8, 4) is 34.5 Å². The number of carbonyl (C=O) groups is 3. The predicted octanol–water partition coefficient (Wildman–Crippen LogP) is 5.94. The highest BCUT2D eigenvalue weighted by atomic mass is 16.5. The van der Waals surface area contributed by atoms with Crippen LogP contribution in [0.5, 0.6) is 34.5 Å². The second-order valence-corrected chi connectivity index (χ2v) is 9.58. The van der Waals surface area contributed by atoms with Gasteiger partial charge in [-0.05, 0) is 53.6 Å². The predicted molar refractivity (Wildman–Crippen MR) is 184 cm³/mol. The third-order valence-electron chi connectivity index (χ3n) is 6.63. The first-order chi connectivity index (χ1) is 23.2. The monoisotopic (exact) mass is 658 g/mol. The van der Waals surface area contributed by atoms with Crippen molar-refractivity contribution < 1.29 is 47.5 Å². The third kappa shape index (κ3) is 9.66. The topological polar surface area (TPSA) is 140 Å². The number of ether oxygens (including phenoxy) is 7. The Hall–Kier alpha value is -6.17. The Bertz CT molecular complexity index is 1690. The number of nitrogens with one attached hydrogen (secondary N) is 2. The molecule has 48 heavy (non-hydrogen) atoms. The minimum Gasteiger partial charge on any atom is -0.493 e. The van der Waals surface area contributed by atoms with Crippen molar-refractivity contribution in [1.29, 1.82) is 0 Å². The van der Waals surface area contributed by atoms with Gasteiger partial charge in [0.15, 0.2) is 23.0 Å². The van der Waals surface area contributed by atoms with Crippen LogP contribution in [-0.2, 0) is 14.3 Å². The first-order valence-electron chi connectivity index (χ1n) is 14.4. The van der Waals surface area contributed by atoms with Crippen molar-refractivity contribution in [2.45, 2.75) is 0 Å². The highest BCUT2D eigenvalue weighted by Crippen LogP contribution is 2.39. The van der Waals surface area contributed by atoms with Gasteiger partial charge in [-0.2, -0.15) is 0 Å². The van der Waals surface area contributed by atoms with E-state index in [4.69, 9.17) is 33.2 Å². The van der Waals surface area contributed by atoms with E-state index in [0.29, 0.717) is 34.5 Å². The second-order valence-electron chi connectivity index (χ2n) is 9.58. The molecule has 2 amide bonds. The van der Waals surface area contributed by atoms with Crippen LogP contribution >= 0.6 is 0 Å². The number of anilines is 2. The standard InChI is InChI=1S/C36H38N2O10/c1-42-28-18-23(19-29(43-2)34(28)46-5)12-8-10-14-32(39)37-26-17-16-25(36(41)48-7)22-27(26)38-33(40)15-11-9-13-24-20-30(44-3)35(47-6)31(21-24)45-4/h8-22H,1-7H3,(H,37,39)(H,38,40)/b12-8+,13-9+,14-10+,15-11+. The quantitative estimate of drug-likeness (QED) is 0.115. The smallest absolute Gasteiger partial charge is 0.337 e.